The van der Waals surface area contributed by atoms with Crippen LogP contribution in [0, 0.1) is 29.0 Å². The summed E-state index contributed by atoms with van der Waals surface area (Å²) in [7, 11) is 0. The molecule has 1 saturated heterocycles. The minimum atomic E-state index is -0.256. The second-order valence-electron chi connectivity index (χ2n) is 8.73. The summed E-state index contributed by atoms with van der Waals surface area (Å²) in [5.74, 6) is -0.218. The predicted molar refractivity (Wildman–Crippen MR) is 117 cm³/mol. The summed E-state index contributed by atoms with van der Waals surface area (Å²) in [6.07, 6.45) is 9.03. The molecule has 0 saturated carbocycles. The van der Waals surface area contributed by atoms with Gasteiger partial charge in [-0.2, -0.15) is 0 Å². The molecule has 1 aromatic carbocycles. The van der Waals surface area contributed by atoms with Crippen molar-refractivity contribution in [1.82, 2.24) is 4.98 Å². The van der Waals surface area contributed by atoms with E-state index in [0.717, 1.165) is 23.2 Å². The second kappa shape index (κ2) is 7.82. The summed E-state index contributed by atoms with van der Waals surface area (Å²) in [5.41, 5.74) is 3.76. The van der Waals surface area contributed by atoms with Gasteiger partial charge < -0.3 is 4.74 Å². The van der Waals surface area contributed by atoms with Gasteiger partial charge in [-0.1, -0.05) is 49.8 Å². The number of cyclic esters (lactones) is 1. The van der Waals surface area contributed by atoms with Crippen molar-refractivity contribution in [3.63, 3.8) is 0 Å². The molecule has 1 aliphatic heterocycles. The fraction of sp³-hybridized carbons (Fsp3) is 0.385. The van der Waals surface area contributed by atoms with Gasteiger partial charge in [0.05, 0.1) is 11.6 Å². The molecule has 0 amide bonds. The smallest absolute Gasteiger partial charge is 0.313 e. The molecule has 4 heteroatoms. The first-order chi connectivity index (χ1) is 14.3. The number of aromatic nitrogens is 1. The number of fused-ring (bicyclic) bond motifs is 1. The molecule has 30 heavy (non-hydrogen) atoms. The number of hydrogen-bond acceptors (Lipinski definition) is 3. The SMILES string of the molecule is CC[C@]1(C)C(C)=C[C@H]2C(=O)O[C@H](C)[C@H]2[C@H]1/C=C/c1ccc(-c2cccc(F)c2)cn1. The average molecular weight is 406 g/mol. The van der Waals surface area contributed by atoms with Gasteiger partial charge in [0.2, 0.25) is 0 Å². The van der Waals surface area contributed by atoms with Gasteiger partial charge in [-0.3, -0.25) is 9.78 Å². The maximum atomic E-state index is 13.5. The third kappa shape index (κ3) is 3.49. The number of ether oxygens (including phenoxy) is 1. The van der Waals surface area contributed by atoms with Crippen molar-refractivity contribution in [2.45, 2.75) is 40.2 Å². The Bertz CT molecular complexity index is 1010. The Kier molecular flexibility index (Phi) is 5.35. The molecule has 5 atom stereocenters. The van der Waals surface area contributed by atoms with Crippen LogP contribution in [0.2, 0.25) is 0 Å². The van der Waals surface area contributed by atoms with Crippen LogP contribution in [0.3, 0.4) is 0 Å². The number of esters is 1. The average Bonchev–Trinajstić information content (AvgIpc) is 3.01. The Hall–Kier alpha value is -2.75. The molecule has 156 valence electrons. The van der Waals surface area contributed by atoms with Crippen LogP contribution in [0.4, 0.5) is 4.39 Å². The number of allylic oxidation sites excluding steroid dienone is 2. The molecule has 0 unspecified atom stereocenters. The first-order valence-electron chi connectivity index (χ1n) is 10.6. The monoisotopic (exact) mass is 405 g/mol. The van der Waals surface area contributed by atoms with E-state index in [1.807, 2.05) is 31.2 Å². The molecule has 0 N–H and O–H groups in total. The van der Waals surface area contributed by atoms with Gasteiger partial charge in [0.1, 0.15) is 11.9 Å². The first kappa shape index (κ1) is 20.5. The summed E-state index contributed by atoms with van der Waals surface area (Å²) in [4.78, 5) is 16.9. The van der Waals surface area contributed by atoms with Crippen molar-refractivity contribution in [3.05, 3.63) is 71.8 Å². The zero-order chi connectivity index (χ0) is 21.5. The molecule has 1 aromatic heterocycles. The maximum absolute atomic E-state index is 13.5. The summed E-state index contributed by atoms with van der Waals surface area (Å²) in [6, 6.07) is 10.4. The van der Waals surface area contributed by atoms with Gasteiger partial charge in [-0.25, -0.2) is 4.39 Å². The maximum Gasteiger partial charge on any atom is 0.313 e. The minimum absolute atomic E-state index is 0.0264. The number of pyridine rings is 1. The highest BCUT2D eigenvalue weighted by molar-refractivity contribution is 5.78. The van der Waals surface area contributed by atoms with Crippen molar-refractivity contribution in [1.29, 1.82) is 0 Å². The van der Waals surface area contributed by atoms with E-state index >= 15 is 0 Å². The lowest BCUT2D eigenvalue weighted by Crippen LogP contribution is -2.41. The standard InChI is InChI=1S/C26H28FNO2/c1-5-26(4)16(2)13-22-24(17(3)30-25(22)29)23(26)12-11-21-10-9-19(15-28-21)18-7-6-8-20(27)14-18/h6-15,17,22-24H,5H2,1-4H3/b12-11+/t17-,22-,23-,24-,26-/m1/s1. The third-order valence-electron chi connectivity index (χ3n) is 7.16. The zero-order valence-corrected chi connectivity index (χ0v) is 17.9. The van der Waals surface area contributed by atoms with E-state index in [4.69, 9.17) is 4.74 Å². The van der Waals surface area contributed by atoms with Crippen molar-refractivity contribution in [2.75, 3.05) is 0 Å². The van der Waals surface area contributed by atoms with Gasteiger partial charge in [-0.05, 0) is 61.4 Å². The molecule has 2 heterocycles. The van der Waals surface area contributed by atoms with Crippen LogP contribution in [0.25, 0.3) is 17.2 Å². The number of halogens is 1. The van der Waals surface area contributed by atoms with Gasteiger partial charge in [-0.15, -0.1) is 0 Å². The second-order valence-corrected chi connectivity index (χ2v) is 8.73. The Morgan fingerprint density at radius 1 is 1.23 bits per heavy atom. The summed E-state index contributed by atoms with van der Waals surface area (Å²) in [5, 5.41) is 0. The molecule has 2 aliphatic rings. The van der Waals surface area contributed by atoms with Crippen LogP contribution in [-0.4, -0.2) is 17.1 Å². The molecule has 0 bridgehead atoms. The fourth-order valence-corrected chi connectivity index (χ4v) is 5.03. The zero-order valence-electron chi connectivity index (χ0n) is 17.9. The van der Waals surface area contributed by atoms with E-state index in [-0.39, 0.29) is 41.1 Å². The molecule has 0 radical (unpaired) electrons. The van der Waals surface area contributed by atoms with Crippen LogP contribution < -0.4 is 0 Å². The molecule has 1 fully saturated rings. The van der Waals surface area contributed by atoms with E-state index < -0.39 is 0 Å². The first-order valence-corrected chi connectivity index (χ1v) is 10.6. The summed E-state index contributed by atoms with van der Waals surface area (Å²) < 4.78 is 19.1. The van der Waals surface area contributed by atoms with Crippen LogP contribution in [0.1, 0.15) is 39.8 Å². The number of nitrogens with zero attached hydrogens (tertiary/aromatic N) is 1. The van der Waals surface area contributed by atoms with Gasteiger partial charge in [0, 0.05) is 17.7 Å². The van der Waals surface area contributed by atoms with Crippen molar-refractivity contribution in [3.8, 4) is 11.1 Å². The Balaban J connectivity index is 1.63. The van der Waals surface area contributed by atoms with E-state index in [0.29, 0.717) is 0 Å². The van der Waals surface area contributed by atoms with Gasteiger partial charge >= 0.3 is 5.97 Å². The molecule has 3 nitrogen and oxygen atoms in total. The largest absolute Gasteiger partial charge is 0.462 e. The number of carbonyl (C=O) groups is 1. The molecular weight excluding hydrogens is 377 g/mol. The molecule has 2 aromatic rings. The highest BCUT2D eigenvalue weighted by Crippen LogP contribution is 2.53. The number of benzene rings is 1. The number of rotatable bonds is 4. The number of carbonyl (C=O) groups excluding carboxylic acids is 1. The van der Waals surface area contributed by atoms with E-state index in [1.165, 1.54) is 17.7 Å². The van der Waals surface area contributed by atoms with Crippen molar-refractivity contribution in [2.24, 2.45) is 23.2 Å². The van der Waals surface area contributed by atoms with Crippen LogP contribution in [-0.2, 0) is 9.53 Å². The summed E-state index contributed by atoms with van der Waals surface area (Å²) >= 11 is 0. The normalized spacial score (nSPS) is 30.8. The Morgan fingerprint density at radius 3 is 2.70 bits per heavy atom. The molecule has 1 aliphatic carbocycles. The quantitative estimate of drug-likeness (QED) is 0.458. The predicted octanol–water partition coefficient (Wildman–Crippen LogP) is 6.07. The molecule has 0 spiro atoms. The highest BCUT2D eigenvalue weighted by Gasteiger charge is 2.53. The van der Waals surface area contributed by atoms with Gasteiger partial charge in [0.25, 0.3) is 0 Å². The number of hydrogen-bond donors (Lipinski definition) is 0. The third-order valence-corrected chi connectivity index (χ3v) is 7.16. The lowest BCUT2D eigenvalue weighted by atomic mass is 9.57. The Morgan fingerprint density at radius 2 is 2.03 bits per heavy atom. The van der Waals surface area contributed by atoms with Crippen LogP contribution >= 0.6 is 0 Å². The van der Waals surface area contributed by atoms with E-state index in [9.17, 15) is 9.18 Å². The topological polar surface area (TPSA) is 39.2 Å². The van der Waals surface area contributed by atoms with Crippen LogP contribution in [0.15, 0.2) is 60.3 Å². The van der Waals surface area contributed by atoms with E-state index in [1.54, 1.807) is 12.3 Å². The van der Waals surface area contributed by atoms with Gasteiger partial charge in [0.15, 0.2) is 0 Å². The van der Waals surface area contributed by atoms with Crippen LogP contribution in [0.5, 0.6) is 0 Å². The van der Waals surface area contributed by atoms with Crippen molar-refractivity contribution >= 4 is 12.0 Å². The molecule has 4 rings (SSSR count). The highest BCUT2D eigenvalue weighted by atomic mass is 19.1. The van der Waals surface area contributed by atoms with E-state index in [2.05, 4.69) is 37.9 Å². The Labute approximate surface area is 177 Å². The lowest BCUT2D eigenvalue weighted by Gasteiger charge is -2.45. The minimum Gasteiger partial charge on any atom is -0.462 e. The molecular formula is C26H28FNO2. The van der Waals surface area contributed by atoms with Crippen molar-refractivity contribution < 1.29 is 13.9 Å². The summed E-state index contributed by atoms with van der Waals surface area (Å²) in [6.45, 7) is 8.61. The fourth-order valence-electron chi connectivity index (χ4n) is 5.03. The lowest BCUT2D eigenvalue weighted by molar-refractivity contribution is -0.142.